The van der Waals surface area contributed by atoms with Crippen LogP contribution in [0.25, 0.3) is 0 Å². The Kier molecular flexibility index (Phi) is 6.15. The normalized spacial score (nSPS) is 12.2. The first-order chi connectivity index (χ1) is 8.17. The molecule has 1 atom stereocenters. The molecule has 1 rings (SSSR count). The molecule has 1 unspecified atom stereocenters. The number of rotatable bonds is 6. The van der Waals surface area contributed by atoms with Crippen molar-refractivity contribution in [2.45, 2.75) is 19.8 Å². The van der Waals surface area contributed by atoms with E-state index in [9.17, 15) is 4.79 Å². The van der Waals surface area contributed by atoms with Crippen molar-refractivity contribution in [1.82, 2.24) is 10.3 Å². The first kappa shape index (κ1) is 14.1. The van der Waals surface area contributed by atoms with Crippen molar-refractivity contribution in [1.29, 1.82) is 0 Å². The van der Waals surface area contributed by atoms with Gasteiger partial charge in [-0.05, 0) is 40.4 Å². The Hall–Kier alpha value is -0.940. The number of aliphatic hydroxyl groups is 1. The first-order valence-corrected chi connectivity index (χ1v) is 6.47. The minimum absolute atomic E-state index is 0.158. The molecule has 17 heavy (non-hydrogen) atoms. The quantitative estimate of drug-likeness (QED) is 0.844. The molecule has 94 valence electrons. The van der Waals surface area contributed by atoms with Crippen molar-refractivity contribution in [3.8, 4) is 0 Å². The Morgan fingerprint density at radius 2 is 2.35 bits per heavy atom. The highest BCUT2D eigenvalue weighted by molar-refractivity contribution is 9.10. The third-order valence-electron chi connectivity index (χ3n) is 2.63. The fourth-order valence-electron chi connectivity index (χ4n) is 1.47. The fraction of sp³-hybridized carbons (Fsp3) is 0.500. The van der Waals surface area contributed by atoms with Gasteiger partial charge in [-0.25, -0.2) is 4.98 Å². The molecule has 0 saturated carbocycles. The SMILES string of the molecule is CCC(CCO)CNC(=O)c1ccc(Br)cn1. The Bertz CT molecular complexity index is 354. The van der Waals surface area contributed by atoms with Gasteiger partial charge in [-0.1, -0.05) is 13.3 Å². The van der Waals surface area contributed by atoms with Gasteiger partial charge in [0.2, 0.25) is 0 Å². The number of carbonyl (C=O) groups is 1. The van der Waals surface area contributed by atoms with Gasteiger partial charge in [-0.3, -0.25) is 4.79 Å². The summed E-state index contributed by atoms with van der Waals surface area (Å²) in [6, 6.07) is 3.46. The Labute approximate surface area is 110 Å². The molecule has 5 heteroatoms. The molecule has 0 saturated heterocycles. The number of pyridine rings is 1. The summed E-state index contributed by atoms with van der Waals surface area (Å²) in [5.41, 5.74) is 0.409. The molecule has 0 aromatic carbocycles. The minimum atomic E-state index is -0.172. The lowest BCUT2D eigenvalue weighted by atomic mass is 10.0. The van der Waals surface area contributed by atoms with Crippen LogP contribution in [0.2, 0.25) is 0 Å². The molecule has 0 aliphatic carbocycles. The van der Waals surface area contributed by atoms with Crippen molar-refractivity contribution < 1.29 is 9.90 Å². The summed E-state index contributed by atoms with van der Waals surface area (Å²) in [6.45, 7) is 2.78. The van der Waals surface area contributed by atoms with Crippen LogP contribution in [0, 0.1) is 5.92 Å². The maximum absolute atomic E-state index is 11.7. The summed E-state index contributed by atoms with van der Waals surface area (Å²) in [4.78, 5) is 15.7. The average Bonchev–Trinajstić information content (AvgIpc) is 2.35. The predicted molar refractivity (Wildman–Crippen MR) is 69.8 cm³/mol. The van der Waals surface area contributed by atoms with E-state index in [0.717, 1.165) is 10.9 Å². The van der Waals surface area contributed by atoms with E-state index in [2.05, 4.69) is 26.2 Å². The molecule has 0 radical (unpaired) electrons. The Morgan fingerprint density at radius 1 is 1.59 bits per heavy atom. The molecule has 0 fully saturated rings. The zero-order valence-electron chi connectivity index (χ0n) is 9.82. The molecule has 1 aromatic heterocycles. The van der Waals surface area contributed by atoms with Crippen LogP contribution < -0.4 is 5.32 Å². The maximum atomic E-state index is 11.7. The average molecular weight is 301 g/mol. The van der Waals surface area contributed by atoms with Crippen molar-refractivity contribution in [2.75, 3.05) is 13.2 Å². The van der Waals surface area contributed by atoms with Gasteiger partial charge in [0.25, 0.3) is 5.91 Å². The highest BCUT2D eigenvalue weighted by atomic mass is 79.9. The smallest absolute Gasteiger partial charge is 0.269 e. The highest BCUT2D eigenvalue weighted by Gasteiger charge is 2.10. The van der Waals surface area contributed by atoms with E-state index in [1.54, 1.807) is 18.3 Å². The van der Waals surface area contributed by atoms with Crippen LogP contribution >= 0.6 is 15.9 Å². The molecule has 1 heterocycles. The molecule has 4 nitrogen and oxygen atoms in total. The number of aliphatic hydroxyl groups excluding tert-OH is 1. The van der Waals surface area contributed by atoms with E-state index in [1.807, 2.05) is 6.92 Å². The standard InChI is InChI=1S/C12H17BrN2O2/c1-2-9(5-6-16)7-15-12(17)11-4-3-10(13)8-14-11/h3-4,8-9,16H,2,5-7H2,1H3,(H,15,17). The molecule has 1 aromatic rings. The lowest BCUT2D eigenvalue weighted by Gasteiger charge is -2.13. The number of carbonyl (C=O) groups excluding carboxylic acids is 1. The van der Waals surface area contributed by atoms with E-state index in [1.165, 1.54) is 0 Å². The van der Waals surface area contributed by atoms with Crippen molar-refractivity contribution in [3.05, 3.63) is 28.5 Å². The maximum Gasteiger partial charge on any atom is 0.269 e. The van der Waals surface area contributed by atoms with E-state index in [-0.39, 0.29) is 12.5 Å². The van der Waals surface area contributed by atoms with Gasteiger partial charge < -0.3 is 10.4 Å². The zero-order chi connectivity index (χ0) is 12.7. The van der Waals surface area contributed by atoms with Crippen LogP contribution in [0.3, 0.4) is 0 Å². The lowest BCUT2D eigenvalue weighted by molar-refractivity contribution is 0.0938. The Balaban J connectivity index is 2.46. The number of nitrogens with one attached hydrogen (secondary N) is 1. The molecule has 0 aliphatic heterocycles. The largest absolute Gasteiger partial charge is 0.396 e. The summed E-state index contributed by atoms with van der Waals surface area (Å²) in [5, 5.41) is 11.7. The van der Waals surface area contributed by atoms with Gasteiger partial charge in [0.15, 0.2) is 0 Å². The highest BCUT2D eigenvalue weighted by Crippen LogP contribution is 2.08. The number of aromatic nitrogens is 1. The van der Waals surface area contributed by atoms with Crippen LogP contribution in [-0.2, 0) is 0 Å². The first-order valence-electron chi connectivity index (χ1n) is 5.68. The molecular formula is C12H17BrN2O2. The lowest BCUT2D eigenvalue weighted by Crippen LogP contribution is -2.30. The van der Waals surface area contributed by atoms with E-state index in [0.29, 0.717) is 24.6 Å². The van der Waals surface area contributed by atoms with Gasteiger partial charge in [0, 0.05) is 23.8 Å². The second kappa shape index (κ2) is 7.40. The van der Waals surface area contributed by atoms with Gasteiger partial charge in [-0.2, -0.15) is 0 Å². The van der Waals surface area contributed by atoms with E-state index in [4.69, 9.17) is 5.11 Å². The van der Waals surface area contributed by atoms with Gasteiger partial charge in [0.05, 0.1) is 0 Å². The second-order valence-electron chi connectivity index (χ2n) is 3.86. The molecule has 0 spiro atoms. The van der Waals surface area contributed by atoms with Crippen LogP contribution in [0.15, 0.2) is 22.8 Å². The van der Waals surface area contributed by atoms with E-state index >= 15 is 0 Å². The fourth-order valence-corrected chi connectivity index (χ4v) is 1.71. The molecule has 0 aliphatic rings. The third-order valence-corrected chi connectivity index (χ3v) is 3.10. The van der Waals surface area contributed by atoms with Crippen LogP contribution in [0.4, 0.5) is 0 Å². The second-order valence-corrected chi connectivity index (χ2v) is 4.77. The van der Waals surface area contributed by atoms with Crippen LogP contribution in [-0.4, -0.2) is 29.1 Å². The van der Waals surface area contributed by atoms with E-state index < -0.39 is 0 Å². The molecule has 1 amide bonds. The van der Waals surface area contributed by atoms with Crippen molar-refractivity contribution >= 4 is 21.8 Å². The summed E-state index contributed by atoms with van der Waals surface area (Å²) in [5.74, 6) is 0.147. The molecular weight excluding hydrogens is 284 g/mol. The Morgan fingerprint density at radius 3 is 2.88 bits per heavy atom. The predicted octanol–water partition coefficient (Wildman–Crippen LogP) is 1.98. The molecule has 0 bridgehead atoms. The monoisotopic (exact) mass is 300 g/mol. The zero-order valence-corrected chi connectivity index (χ0v) is 11.4. The topological polar surface area (TPSA) is 62.2 Å². The number of amides is 1. The number of nitrogens with zero attached hydrogens (tertiary/aromatic N) is 1. The molecule has 2 N–H and O–H groups in total. The third kappa shape index (κ3) is 4.83. The van der Waals surface area contributed by atoms with Gasteiger partial charge >= 0.3 is 0 Å². The summed E-state index contributed by atoms with van der Waals surface area (Å²) in [7, 11) is 0. The van der Waals surface area contributed by atoms with Gasteiger partial charge in [0.1, 0.15) is 5.69 Å². The number of halogens is 1. The number of hydrogen-bond donors (Lipinski definition) is 2. The van der Waals surface area contributed by atoms with Crippen molar-refractivity contribution in [3.63, 3.8) is 0 Å². The number of hydrogen-bond acceptors (Lipinski definition) is 3. The minimum Gasteiger partial charge on any atom is -0.396 e. The summed E-state index contributed by atoms with van der Waals surface area (Å²) in [6.07, 6.45) is 3.25. The van der Waals surface area contributed by atoms with Crippen LogP contribution in [0.1, 0.15) is 30.3 Å². The summed E-state index contributed by atoms with van der Waals surface area (Å²) < 4.78 is 0.848. The van der Waals surface area contributed by atoms with Gasteiger partial charge in [-0.15, -0.1) is 0 Å². The van der Waals surface area contributed by atoms with Crippen molar-refractivity contribution in [2.24, 2.45) is 5.92 Å². The summed E-state index contributed by atoms with van der Waals surface area (Å²) >= 11 is 3.27. The van der Waals surface area contributed by atoms with Crippen LogP contribution in [0.5, 0.6) is 0 Å².